The highest BCUT2D eigenvalue weighted by atomic mass is 16.3. The van der Waals surface area contributed by atoms with Gasteiger partial charge in [-0.3, -0.25) is 0 Å². The van der Waals surface area contributed by atoms with Crippen LogP contribution in [0.4, 0.5) is 5.95 Å². The largest absolute Gasteiger partial charge is 0.393 e. The molecule has 0 aliphatic carbocycles. The molecule has 1 unspecified atom stereocenters. The van der Waals surface area contributed by atoms with Crippen LogP contribution in [0.2, 0.25) is 0 Å². The Morgan fingerprint density at radius 1 is 1.21 bits per heavy atom. The number of piperidine rings is 1. The fourth-order valence-electron chi connectivity index (χ4n) is 2.60. The molecule has 0 spiro atoms. The highest BCUT2D eigenvalue weighted by Crippen LogP contribution is 2.24. The summed E-state index contributed by atoms with van der Waals surface area (Å²) in [5.41, 5.74) is 2.14. The molecule has 4 heteroatoms. The van der Waals surface area contributed by atoms with Crippen molar-refractivity contribution in [1.29, 1.82) is 0 Å². The fraction of sp³-hybridized carbons (Fsp3) is 0.733. The molecule has 1 aromatic rings. The van der Waals surface area contributed by atoms with E-state index in [0.29, 0.717) is 11.8 Å². The van der Waals surface area contributed by atoms with Gasteiger partial charge in [0.25, 0.3) is 0 Å². The molecule has 19 heavy (non-hydrogen) atoms. The van der Waals surface area contributed by atoms with Gasteiger partial charge in [0.2, 0.25) is 5.95 Å². The zero-order chi connectivity index (χ0) is 14.0. The summed E-state index contributed by atoms with van der Waals surface area (Å²) in [7, 11) is 0. The molecule has 2 rings (SSSR count). The summed E-state index contributed by atoms with van der Waals surface area (Å²) in [5, 5.41) is 9.65. The lowest BCUT2D eigenvalue weighted by Crippen LogP contribution is -2.38. The van der Waals surface area contributed by atoms with Crippen molar-refractivity contribution >= 4 is 5.95 Å². The summed E-state index contributed by atoms with van der Waals surface area (Å²) in [5.74, 6) is 1.70. The van der Waals surface area contributed by atoms with Crippen molar-refractivity contribution in [2.45, 2.75) is 52.6 Å². The van der Waals surface area contributed by atoms with Crippen LogP contribution >= 0.6 is 0 Å². The Kier molecular flexibility index (Phi) is 4.40. The first-order chi connectivity index (χ1) is 8.97. The maximum atomic E-state index is 9.65. The van der Waals surface area contributed by atoms with Crippen LogP contribution in [0.1, 0.15) is 50.9 Å². The fourth-order valence-corrected chi connectivity index (χ4v) is 2.60. The van der Waals surface area contributed by atoms with Gasteiger partial charge in [-0.2, -0.15) is 0 Å². The molecule has 1 fully saturated rings. The number of hydrogen-bond donors (Lipinski definition) is 1. The third-order valence-electron chi connectivity index (χ3n) is 3.96. The molecule has 0 bridgehead atoms. The molecule has 1 aromatic heterocycles. The highest BCUT2D eigenvalue weighted by molar-refractivity contribution is 5.33. The normalized spacial score (nSPS) is 18.9. The molecule has 1 N–H and O–H groups in total. The van der Waals surface area contributed by atoms with Gasteiger partial charge in [0.05, 0.1) is 6.10 Å². The molecule has 0 aromatic carbocycles. The van der Waals surface area contributed by atoms with Gasteiger partial charge >= 0.3 is 0 Å². The van der Waals surface area contributed by atoms with E-state index in [0.717, 1.165) is 43.3 Å². The van der Waals surface area contributed by atoms with Crippen LogP contribution in [-0.4, -0.2) is 34.3 Å². The van der Waals surface area contributed by atoms with E-state index in [1.54, 1.807) is 0 Å². The maximum absolute atomic E-state index is 9.65. The summed E-state index contributed by atoms with van der Waals surface area (Å²) in [6, 6.07) is 2.07. The van der Waals surface area contributed by atoms with Gasteiger partial charge in [-0.05, 0) is 44.6 Å². The lowest BCUT2D eigenvalue weighted by molar-refractivity contribution is 0.109. The lowest BCUT2D eigenvalue weighted by atomic mass is 9.92. The van der Waals surface area contributed by atoms with E-state index < -0.39 is 0 Å². The minimum atomic E-state index is -0.202. The standard InChI is InChI=1S/C15H25N3O/c1-10(2)14-9-11(3)16-15(17-14)18-7-5-13(6-8-18)12(4)19/h9-10,12-13,19H,5-8H2,1-4H3. The number of aliphatic hydroxyl groups is 1. The summed E-state index contributed by atoms with van der Waals surface area (Å²) >= 11 is 0. The average molecular weight is 263 g/mol. The molecule has 2 heterocycles. The molecule has 4 nitrogen and oxygen atoms in total. The second-order valence-corrected chi connectivity index (χ2v) is 5.95. The first-order valence-electron chi connectivity index (χ1n) is 7.26. The molecule has 0 radical (unpaired) electrons. The number of rotatable bonds is 3. The summed E-state index contributed by atoms with van der Waals surface area (Å²) in [6.07, 6.45) is 1.84. The van der Waals surface area contributed by atoms with Crippen molar-refractivity contribution in [3.05, 3.63) is 17.5 Å². The van der Waals surface area contributed by atoms with E-state index in [1.165, 1.54) is 0 Å². The van der Waals surface area contributed by atoms with Crippen LogP contribution in [0, 0.1) is 12.8 Å². The number of aryl methyl sites for hydroxylation is 1. The Labute approximate surface area is 115 Å². The van der Waals surface area contributed by atoms with Crippen LogP contribution < -0.4 is 4.90 Å². The van der Waals surface area contributed by atoms with Crippen molar-refractivity contribution < 1.29 is 5.11 Å². The van der Waals surface area contributed by atoms with E-state index >= 15 is 0 Å². The van der Waals surface area contributed by atoms with Gasteiger partial charge < -0.3 is 10.0 Å². The second kappa shape index (κ2) is 5.87. The molecular formula is C15H25N3O. The molecular weight excluding hydrogens is 238 g/mol. The van der Waals surface area contributed by atoms with E-state index in [-0.39, 0.29) is 6.10 Å². The maximum Gasteiger partial charge on any atom is 0.225 e. The van der Waals surface area contributed by atoms with Crippen LogP contribution in [0.5, 0.6) is 0 Å². The minimum absolute atomic E-state index is 0.202. The Balaban J connectivity index is 2.11. The monoisotopic (exact) mass is 263 g/mol. The third-order valence-corrected chi connectivity index (χ3v) is 3.96. The van der Waals surface area contributed by atoms with Crippen LogP contribution in [0.25, 0.3) is 0 Å². The predicted molar refractivity (Wildman–Crippen MR) is 77.5 cm³/mol. The number of aromatic nitrogens is 2. The first-order valence-corrected chi connectivity index (χ1v) is 7.26. The molecule has 0 amide bonds. The van der Waals surface area contributed by atoms with Gasteiger partial charge in [0.15, 0.2) is 0 Å². The second-order valence-electron chi connectivity index (χ2n) is 5.95. The SMILES string of the molecule is Cc1cc(C(C)C)nc(N2CCC(C(C)O)CC2)n1. The molecule has 1 atom stereocenters. The van der Waals surface area contributed by atoms with Crippen molar-refractivity contribution in [3.8, 4) is 0 Å². The highest BCUT2D eigenvalue weighted by Gasteiger charge is 2.24. The average Bonchev–Trinajstić information content (AvgIpc) is 2.38. The quantitative estimate of drug-likeness (QED) is 0.910. The Morgan fingerprint density at radius 2 is 1.84 bits per heavy atom. The zero-order valence-electron chi connectivity index (χ0n) is 12.4. The minimum Gasteiger partial charge on any atom is -0.393 e. The van der Waals surface area contributed by atoms with Gasteiger partial charge in [-0.25, -0.2) is 9.97 Å². The van der Waals surface area contributed by atoms with E-state index in [1.807, 2.05) is 13.8 Å². The van der Waals surface area contributed by atoms with Crippen molar-refractivity contribution in [1.82, 2.24) is 9.97 Å². The number of hydrogen-bond acceptors (Lipinski definition) is 4. The van der Waals surface area contributed by atoms with E-state index in [9.17, 15) is 5.11 Å². The third kappa shape index (κ3) is 3.44. The summed E-state index contributed by atoms with van der Waals surface area (Å²) in [6.45, 7) is 10.1. The smallest absolute Gasteiger partial charge is 0.225 e. The molecule has 1 aliphatic heterocycles. The lowest BCUT2D eigenvalue weighted by Gasteiger charge is -2.33. The molecule has 1 saturated heterocycles. The number of aliphatic hydroxyl groups excluding tert-OH is 1. The van der Waals surface area contributed by atoms with Gasteiger partial charge in [0.1, 0.15) is 0 Å². The van der Waals surface area contributed by atoms with Gasteiger partial charge in [-0.1, -0.05) is 13.8 Å². The van der Waals surface area contributed by atoms with Crippen LogP contribution in [-0.2, 0) is 0 Å². The molecule has 1 aliphatic rings. The topological polar surface area (TPSA) is 49.2 Å². The molecule has 0 saturated carbocycles. The summed E-state index contributed by atoms with van der Waals surface area (Å²) in [4.78, 5) is 11.5. The van der Waals surface area contributed by atoms with Crippen molar-refractivity contribution in [2.24, 2.45) is 5.92 Å². The van der Waals surface area contributed by atoms with Crippen molar-refractivity contribution in [3.63, 3.8) is 0 Å². The summed E-state index contributed by atoms with van der Waals surface area (Å²) < 4.78 is 0. The Hall–Kier alpha value is -1.16. The zero-order valence-corrected chi connectivity index (χ0v) is 12.4. The van der Waals surface area contributed by atoms with E-state index in [4.69, 9.17) is 0 Å². The molecule has 106 valence electrons. The number of anilines is 1. The number of nitrogens with zero attached hydrogens (tertiary/aromatic N) is 3. The van der Waals surface area contributed by atoms with Crippen LogP contribution in [0.3, 0.4) is 0 Å². The predicted octanol–water partition coefficient (Wildman–Crippen LogP) is 2.51. The van der Waals surface area contributed by atoms with E-state index in [2.05, 4.69) is 34.8 Å². The first kappa shape index (κ1) is 14.3. The van der Waals surface area contributed by atoms with Gasteiger partial charge in [-0.15, -0.1) is 0 Å². The Bertz CT molecular complexity index is 423. The van der Waals surface area contributed by atoms with Crippen LogP contribution in [0.15, 0.2) is 6.07 Å². The van der Waals surface area contributed by atoms with Crippen molar-refractivity contribution in [2.75, 3.05) is 18.0 Å². The Morgan fingerprint density at radius 3 is 2.37 bits per heavy atom. The van der Waals surface area contributed by atoms with Gasteiger partial charge in [0, 0.05) is 24.5 Å².